The lowest BCUT2D eigenvalue weighted by molar-refractivity contribution is 0.306. The van der Waals surface area contributed by atoms with Crippen LogP contribution in [0.25, 0.3) is 22.0 Å². The quantitative estimate of drug-likeness (QED) is 0.243. The number of benzene rings is 3. The van der Waals surface area contributed by atoms with Crippen molar-refractivity contribution in [2.75, 3.05) is 11.9 Å². The summed E-state index contributed by atoms with van der Waals surface area (Å²) in [6.45, 7) is 1.92. The highest BCUT2D eigenvalue weighted by molar-refractivity contribution is 6.32. The molecule has 3 heterocycles. The van der Waals surface area contributed by atoms with Crippen LogP contribution in [-0.4, -0.2) is 27.2 Å². The summed E-state index contributed by atoms with van der Waals surface area (Å²) < 4.78 is 26.7. The summed E-state index contributed by atoms with van der Waals surface area (Å²) in [5.41, 5.74) is 4.53. The van der Waals surface area contributed by atoms with Crippen molar-refractivity contribution in [1.29, 1.82) is 0 Å². The second-order valence-electron chi connectivity index (χ2n) is 8.70. The molecule has 0 saturated carbocycles. The number of ether oxygens (including phenoxy) is 2. The first-order valence-corrected chi connectivity index (χ1v) is 11.9. The number of nitrogens with one attached hydrogen (secondary N) is 1. The molecule has 1 aliphatic heterocycles. The minimum absolute atomic E-state index is 0.221. The fourth-order valence-electron chi connectivity index (χ4n) is 4.09. The average Bonchev–Trinajstić information content (AvgIpc) is 3.57. The molecular formula is C28H22ClFN4O2. The van der Waals surface area contributed by atoms with E-state index in [2.05, 4.69) is 50.4 Å². The van der Waals surface area contributed by atoms with Gasteiger partial charge in [-0.05, 0) is 65.2 Å². The van der Waals surface area contributed by atoms with E-state index in [0.717, 1.165) is 46.4 Å². The maximum absolute atomic E-state index is 13.4. The number of hydrogen-bond acceptors (Lipinski definition) is 5. The Kier molecular flexibility index (Phi) is 6.01. The fraction of sp³-hybridized carbons (Fsp3) is 0.143. The van der Waals surface area contributed by atoms with Gasteiger partial charge in [0.15, 0.2) is 0 Å². The van der Waals surface area contributed by atoms with E-state index >= 15 is 0 Å². The van der Waals surface area contributed by atoms with E-state index in [9.17, 15) is 4.39 Å². The number of anilines is 2. The first kappa shape index (κ1) is 22.5. The number of rotatable bonds is 8. The van der Waals surface area contributed by atoms with Gasteiger partial charge < -0.3 is 19.4 Å². The Bertz CT molecular complexity index is 1550. The molecule has 1 unspecified atom stereocenters. The van der Waals surface area contributed by atoms with E-state index in [-0.39, 0.29) is 12.4 Å². The lowest BCUT2D eigenvalue weighted by Crippen LogP contribution is -2.00. The summed E-state index contributed by atoms with van der Waals surface area (Å²) in [7, 11) is 0. The highest BCUT2D eigenvalue weighted by Crippen LogP contribution is 2.32. The van der Waals surface area contributed by atoms with Crippen LogP contribution in [-0.2, 0) is 17.9 Å². The van der Waals surface area contributed by atoms with Gasteiger partial charge in [0.2, 0.25) is 0 Å². The van der Waals surface area contributed by atoms with Crippen LogP contribution in [0.3, 0.4) is 0 Å². The maximum atomic E-state index is 13.4. The lowest BCUT2D eigenvalue weighted by Gasteiger charge is -2.12. The summed E-state index contributed by atoms with van der Waals surface area (Å²) in [6.07, 6.45) is 6.06. The van der Waals surface area contributed by atoms with Gasteiger partial charge in [0.1, 0.15) is 30.3 Å². The minimum atomic E-state index is -0.299. The predicted octanol–water partition coefficient (Wildman–Crippen LogP) is 6.61. The molecule has 1 atom stereocenters. The molecule has 8 heteroatoms. The molecule has 2 aromatic heterocycles. The van der Waals surface area contributed by atoms with Gasteiger partial charge >= 0.3 is 0 Å². The molecule has 1 saturated heterocycles. The van der Waals surface area contributed by atoms with Gasteiger partial charge in [0.05, 0.1) is 29.8 Å². The molecule has 6 nitrogen and oxygen atoms in total. The van der Waals surface area contributed by atoms with Crippen LogP contribution < -0.4 is 10.1 Å². The second kappa shape index (κ2) is 9.60. The first-order valence-electron chi connectivity index (χ1n) is 11.6. The molecule has 36 heavy (non-hydrogen) atoms. The van der Waals surface area contributed by atoms with Crippen LogP contribution in [0.1, 0.15) is 5.56 Å². The van der Waals surface area contributed by atoms with Crippen LogP contribution in [0.5, 0.6) is 5.75 Å². The average molecular weight is 501 g/mol. The number of hydrogen-bond donors (Lipinski definition) is 1. The molecule has 0 aliphatic carbocycles. The van der Waals surface area contributed by atoms with Crippen LogP contribution in [0.15, 0.2) is 85.5 Å². The van der Waals surface area contributed by atoms with Gasteiger partial charge in [0.25, 0.3) is 0 Å². The summed E-state index contributed by atoms with van der Waals surface area (Å²) in [4.78, 5) is 8.89. The zero-order valence-corrected chi connectivity index (χ0v) is 20.0. The largest absolute Gasteiger partial charge is 0.487 e. The van der Waals surface area contributed by atoms with Crippen molar-refractivity contribution in [2.24, 2.45) is 0 Å². The Morgan fingerprint density at radius 1 is 1.06 bits per heavy atom. The number of aromatic nitrogens is 3. The molecule has 1 N–H and O–H groups in total. The fourth-order valence-corrected chi connectivity index (χ4v) is 4.32. The van der Waals surface area contributed by atoms with E-state index in [4.69, 9.17) is 21.1 Å². The molecule has 3 aromatic carbocycles. The van der Waals surface area contributed by atoms with E-state index in [1.165, 1.54) is 18.5 Å². The Labute approximate surface area is 212 Å². The predicted molar refractivity (Wildman–Crippen MR) is 138 cm³/mol. The number of nitrogens with zero attached hydrogens (tertiary/aromatic N) is 3. The van der Waals surface area contributed by atoms with E-state index in [0.29, 0.717) is 22.7 Å². The zero-order chi connectivity index (χ0) is 24.5. The summed E-state index contributed by atoms with van der Waals surface area (Å²) >= 11 is 6.48. The minimum Gasteiger partial charge on any atom is -0.487 e. The third-order valence-corrected chi connectivity index (χ3v) is 6.31. The van der Waals surface area contributed by atoms with Crippen LogP contribution in [0, 0.1) is 5.82 Å². The first-order chi connectivity index (χ1) is 17.6. The van der Waals surface area contributed by atoms with E-state index < -0.39 is 0 Å². The normalized spacial score (nSPS) is 14.7. The van der Waals surface area contributed by atoms with Crippen molar-refractivity contribution < 1.29 is 13.9 Å². The highest BCUT2D eigenvalue weighted by atomic mass is 35.5. The highest BCUT2D eigenvalue weighted by Gasteiger charge is 2.22. The number of halogens is 2. The topological polar surface area (TPSA) is 64.5 Å². The Hall–Kier alpha value is -3.94. The van der Waals surface area contributed by atoms with Gasteiger partial charge in [-0.25, -0.2) is 14.4 Å². The lowest BCUT2D eigenvalue weighted by atomic mass is 10.1. The molecule has 5 aromatic rings. The smallest absolute Gasteiger partial charge is 0.141 e. The SMILES string of the molecule is Fc1cccc(COc2ccc(Nc3ncnc4ccc(-c5ccn(CC6CO6)c5)cc34)cc2Cl)c1. The van der Waals surface area contributed by atoms with Crippen molar-refractivity contribution in [1.82, 2.24) is 14.5 Å². The molecule has 6 rings (SSSR count). The maximum Gasteiger partial charge on any atom is 0.141 e. The van der Waals surface area contributed by atoms with Crippen molar-refractivity contribution >= 4 is 34.0 Å². The molecule has 0 spiro atoms. The van der Waals surface area contributed by atoms with E-state index in [1.54, 1.807) is 24.3 Å². The molecule has 1 aliphatic rings. The number of epoxide rings is 1. The zero-order valence-electron chi connectivity index (χ0n) is 19.2. The van der Waals surface area contributed by atoms with Crippen molar-refractivity contribution in [3.63, 3.8) is 0 Å². The standard InChI is InChI=1S/C28H22ClFN4O2/c29-25-12-22(5-7-27(25)36-15-18-2-1-3-21(30)10-18)33-28-24-11-19(4-6-26(24)31-17-32-28)20-8-9-34(13-20)14-23-16-35-23/h1-13,17,23H,14-16H2,(H,31,32,33). The summed E-state index contributed by atoms with van der Waals surface area (Å²) in [5, 5.41) is 4.69. The van der Waals surface area contributed by atoms with Gasteiger partial charge in [-0.3, -0.25) is 0 Å². The van der Waals surface area contributed by atoms with Crippen LogP contribution in [0.2, 0.25) is 5.02 Å². The van der Waals surface area contributed by atoms with Crippen LogP contribution >= 0.6 is 11.6 Å². The summed E-state index contributed by atoms with van der Waals surface area (Å²) in [6, 6.07) is 20.0. The van der Waals surface area contributed by atoms with Crippen molar-refractivity contribution in [2.45, 2.75) is 19.3 Å². The Morgan fingerprint density at radius 2 is 1.97 bits per heavy atom. The monoisotopic (exact) mass is 500 g/mol. The number of fused-ring (bicyclic) bond motifs is 1. The van der Waals surface area contributed by atoms with Gasteiger partial charge in [-0.2, -0.15) is 0 Å². The molecular weight excluding hydrogens is 479 g/mol. The van der Waals surface area contributed by atoms with Crippen LogP contribution in [0.4, 0.5) is 15.9 Å². The Balaban J connectivity index is 1.21. The molecule has 0 amide bonds. The van der Waals surface area contributed by atoms with Gasteiger partial charge in [-0.1, -0.05) is 29.8 Å². The summed E-state index contributed by atoms with van der Waals surface area (Å²) in [5.74, 6) is 0.895. The van der Waals surface area contributed by atoms with Gasteiger partial charge in [0, 0.05) is 23.5 Å². The second-order valence-corrected chi connectivity index (χ2v) is 9.10. The third-order valence-electron chi connectivity index (χ3n) is 6.01. The van der Waals surface area contributed by atoms with Crippen molar-refractivity contribution in [3.8, 4) is 16.9 Å². The molecule has 0 bridgehead atoms. The van der Waals surface area contributed by atoms with E-state index in [1.807, 2.05) is 12.1 Å². The Morgan fingerprint density at radius 3 is 2.81 bits per heavy atom. The molecule has 180 valence electrons. The van der Waals surface area contributed by atoms with Gasteiger partial charge in [-0.15, -0.1) is 0 Å². The molecule has 1 fully saturated rings. The molecule has 0 radical (unpaired) electrons. The van der Waals surface area contributed by atoms with Crippen molar-refractivity contribution in [3.05, 3.63) is 102 Å². The third kappa shape index (κ3) is 5.03.